The maximum atomic E-state index is 4.39. The summed E-state index contributed by atoms with van der Waals surface area (Å²) < 4.78 is 1.01. The zero-order valence-electron chi connectivity index (χ0n) is 13.5. The average molecular weight is 354 g/mol. The zero-order chi connectivity index (χ0) is 16.4. The maximum Gasteiger partial charge on any atom is 0.206 e. The summed E-state index contributed by atoms with van der Waals surface area (Å²) in [4.78, 5) is 0. The van der Waals surface area contributed by atoms with E-state index < -0.39 is 0 Å². The predicted molar refractivity (Wildman–Crippen MR) is 102 cm³/mol. The van der Waals surface area contributed by atoms with E-state index in [1.54, 1.807) is 23.1 Å². The number of nitrogens with one attached hydrogen (secondary N) is 1. The van der Waals surface area contributed by atoms with Crippen LogP contribution in [-0.4, -0.2) is 16.2 Å². The molecule has 0 amide bonds. The molecule has 5 heteroatoms. The van der Waals surface area contributed by atoms with Gasteiger partial charge in [-0.1, -0.05) is 77.7 Å². The Morgan fingerprint density at radius 2 is 1.79 bits per heavy atom. The van der Waals surface area contributed by atoms with Gasteiger partial charge in [0.2, 0.25) is 5.13 Å². The van der Waals surface area contributed by atoms with Gasteiger partial charge in [-0.3, -0.25) is 0 Å². The second-order valence-corrected chi connectivity index (χ2v) is 8.39. The molecule has 0 unspecified atom stereocenters. The highest BCUT2D eigenvalue weighted by Crippen LogP contribution is 2.43. The minimum Gasteiger partial charge on any atom is -0.357 e. The van der Waals surface area contributed by atoms with Crippen LogP contribution in [0.15, 0.2) is 58.9 Å². The third-order valence-corrected chi connectivity index (χ3v) is 6.34. The molecular formula is C19H19N3S2. The second kappa shape index (κ2) is 6.95. The fraction of sp³-hybridized carbons (Fsp3) is 0.263. The Labute approximate surface area is 150 Å². The van der Waals surface area contributed by atoms with Gasteiger partial charge in [0.25, 0.3) is 0 Å². The highest BCUT2D eigenvalue weighted by atomic mass is 32.2. The molecule has 3 nitrogen and oxygen atoms in total. The number of hydrogen-bond acceptors (Lipinski definition) is 5. The molecule has 24 heavy (non-hydrogen) atoms. The van der Waals surface area contributed by atoms with Crippen LogP contribution in [0.1, 0.15) is 34.8 Å². The van der Waals surface area contributed by atoms with Gasteiger partial charge in [0.1, 0.15) is 0 Å². The van der Waals surface area contributed by atoms with Crippen LogP contribution >= 0.6 is 23.1 Å². The van der Waals surface area contributed by atoms with Gasteiger partial charge >= 0.3 is 0 Å². The number of nitrogens with zero attached hydrogens (tertiary/aromatic N) is 2. The Bertz CT molecular complexity index is 812. The fourth-order valence-corrected chi connectivity index (χ4v) is 4.89. The van der Waals surface area contributed by atoms with E-state index in [4.69, 9.17) is 0 Å². The number of anilines is 1. The van der Waals surface area contributed by atoms with Gasteiger partial charge in [-0.05, 0) is 36.5 Å². The van der Waals surface area contributed by atoms with Crippen LogP contribution in [-0.2, 0) is 0 Å². The van der Waals surface area contributed by atoms with Gasteiger partial charge in [-0.15, -0.1) is 10.2 Å². The Morgan fingerprint density at radius 3 is 2.54 bits per heavy atom. The van der Waals surface area contributed by atoms with Crippen molar-refractivity contribution in [3.63, 3.8) is 0 Å². The molecule has 0 aliphatic heterocycles. The van der Waals surface area contributed by atoms with E-state index in [1.807, 2.05) is 0 Å². The molecule has 3 aromatic rings. The molecule has 0 saturated heterocycles. The molecule has 1 fully saturated rings. The molecule has 0 bridgehead atoms. The molecule has 2 aromatic carbocycles. The van der Waals surface area contributed by atoms with Crippen LogP contribution in [0, 0.1) is 6.92 Å². The second-order valence-electron chi connectivity index (χ2n) is 6.06. The van der Waals surface area contributed by atoms with E-state index in [2.05, 4.69) is 77.0 Å². The van der Waals surface area contributed by atoms with E-state index in [0.29, 0.717) is 6.04 Å². The van der Waals surface area contributed by atoms with Crippen molar-refractivity contribution < 1.29 is 0 Å². The molecule has 1 heterocycles. The molecule has 1 aliphatic carbocycles. The van der Waals surface area contributed by atoms with Crippen molar-refractivity contribution in [2.45, 2.75) is 35.4 Å². The minimum atomic E-state index is 0.231. The Hall–Kier alpha value is -1.85. The van der Waals surface area contributed by atoms with Gasteiger partial charge in [0.05, 0.1) is 5.25 Å². The highest BCUT2D eigenvalue weighted by Gasteiger charge is 2.24. The topological polar surface area (TPSA) is 37.8 Å². The summed E-state index contributed by atoms with van der Waals surface area (Å²) in [5, 5.41) is 13.3. The van der Waals surface area contributed by atoms with E-state index in [9.17, 15) is 0 Å². The van der Waals surface area contributed by atoms with Crippen LogP contribution in [0.5, 0.6) is 0 Å². The minimum absolute atomic E-state index is 0.231. The van der Waals surface area contributed by atoms with Gasteiger partial charge in [-0.2, -0.15) is 0 Å². The maximum absolute atomic E-state index is 4.39. The van der Waals surface area contributed by atoms with Crippen molar-refractivity contribution in [3.8, 4) is 0 Å². The van der Waals surface area contributed by atoms with Crippen LogP contribution in [0.3, 0.4) is 0 Å². The zero-order valence-corrected chi connectivity index (χ0v) is 15.1. The predicted octanol–water partition coefficient (Wildman–Crippen LogP) is 5.30. The lowest BCUT2D eigenvalue weighted by Crippen LogP contribution is -1.99. The third kappa shape index (κ3) is 3.62. The number of benzene rings is 2. The first-order chi connectivity index (χ1) is 11.8. The summed E-state index contributed by atoms with van der Waals surface area (Å²) in [5.41, 5.74) is 3.93. The molecule has 0 radical (unpaired) electrons. The van der Waals surface area contributed by atoms with Crippen LogP contribution in [0.2, 0.25) is 0 Å². The van der Waals surface area contributed by atoms with E-state index in [-0.39, 0.29) is 5.25 Å². The Kier molecular flexibility index (Phi) is 4.54. The molecule has 1 saturated carbocycles. The van der Waals surface area contributed by atoms with E-state index >= 15 is 0 Å². The monoisotopic (exact) mass is 353 g/mol. The van der Waals surface area contributed by atoms with Crippen LogP contribution in [0.25, 0.3) is 0 Å². The first kappa shape index (κ1) is 15.7. The van der Waals surface area contributed by atoms with Crippen molar-refractivity contribution in [3.05, 3.63) is 71.3 Å². The van der Waals surface area contributed by atoms with Crippen molar-refractivity contribution >= 4 is 28.2 Å². The molecule has 1 aliphatic rings. The normalized spacial score (nSPS) is 15.2. The van der Waals surface area contributed by atoms with Crippen molar-refractivity contribution in [2.75, 3.05) is 5.32 Å². The largest absolute Gasteiger partial charge is 0.357 e. The molecule has 0 spiro atoms. The van der Waals surface area contributed by atoms with Crippen molar-refractivity contribution in [2.24, 2.45) is 0 Å². The average Bonchev–Trinajstić information content (AvgIpc) is 3.31. The smallest absolute Gasteiger partial charge is 0.206 e. The molecule has 122 valence electrons. The lowest BCUT2D eigenvalue weighted by atomic mass is 10.0. The lowest BCUT2D eigenvalue weighted by molar-refractivity contribution is 0.989. The van der Waals surface area contributed by atoms with Crippen molar-refractivity contribution in [1.29, 1.82) is 0 Å². The van der Waals surface area contributed by atoms with Gasteiger partial charge in [-0.25, -0.2) is 0 Å². The van der Waals surface area contributed by atoms with E-state index in [0.717, 1.165) is 9.47 Å². The Balaban J connectivity index is 1.63. The molecule has 4 rings (SSSR count). The summed E-state index contributed by atoms with van der Waals surface area (Å²) in [6.45, 7) is 2.17. The van der Waals surface area contributed by atoms with Crippen LogP contribution in [0.4, 0.5) is 5.13 Å². The first-order valence-corrected chi connectivity index (χ1v) is 9.86. The van der Waals surface area contributed by atoms with Gasteiger partial charge in [0.15, 0.2) is 4.34 Å². The number of aromatic nitrogens is 2. The standard InChI is InChI=1S/C19H19N3S2/c1-13-7-5-6-10-16(13)17(14-8-3-2-4-9-14)23-19-22-21-18(24-19)20-15-11-12-15/h2-10,15,17H,11-12H2,1H3,(H,20,21)/t17-/m0/s1. The van der Waals surface area contributed by atoms with Crippen LogP contribution < -0.4 is 5.32 Å². The molecule has 1 atom stereocenters. The molecular weight excluding hydrogens is 334 g/mol. The summed E-state index contributed by atoms with van der Waals surface area (Å²) in [5.74, 6) is 0. The summed E-state index contributed by atoms with van der Waals surface area (Å²) in [6, 6.07) is 19.8. The number of rotatable bonds is 6. The number of thioether (sulfide) groups is 1. The van der Waals surface area contributed by atoms with E-state index in [1.165, 1.54) is 29.5 Å². The summed E-state index contributed by atoms with van der Waals surface area (Å²) in [6.07, 6.45) is 2.50. The fourth-order valence-electron chi connectivity index (χ4n) is 2.64. The molecule has 1 N–H and O–H groups in total. The number of aryl methyl sites for hydroxylation is 1. The quantitative estimate of drug-likeness (QED) is 0.610. The third-order valence-electron chi connectivity index (χ3n) is 4.10. The summed E-state index contributed by atoms with van der Waals surface area (Å²) >= 11 is 3.44. The lowest BCUT2D eigenvalue weighted by Gasteiger charge is -2.18. The molecule has 1 aromatic heterocycles. The van der Waals surface area contributed by atoms with Gasteiger partial charge < -0.3 is 5.32 Å². The number of hydrogen-bond donors (Lipinski definition) is 1. The SMILES string of the molecule is Cc1ccccc1[C@@H](Sc1nnc(NC2CC2)s1)c1ccccc1. The Morgan fingerprint density at radius 1 is 1.04 bits per heavy atom. The van der Waals surface area contributed by atoms with Gasteiger partial charge in [0, 0.05) is 6.04 Å². The first-order valence-electron chi connectivity index (χ1n) is 8.17. The highest BCUT2D eigenvalue weighted by molar-refractivity contribution is 8.01. The summed E-state index contributed by atoms with van der Waals surface area (Å²) in [7, 11) is 0. The van der Waals surface area contributed by atoms with Crippen molar-refractivity contribution in [1.82, 2.24) is 10.2 Å².